The summed E-state index contributed by atoms with van der Waals surface area (Å²) in [6.45, 7) is 9.43. The molecular weight excluding hydrogens is 284 g/mol. The van der Waals surface area contributed by atoms with Gasteiger partial charge in [-0.25, -0.2) is 0 Å². The molecule has 0 aromatic heterocycles. The van der Waals surface area contributed by atoms with Gasteiger partial charge in [-0.2, -0.15) is 0 Å². The van der Waals surface area contributed by atoms with Crippen molar-refractivity contribution in [3.05, 3.63) is 35.4 Å². The van der Waals surface area contributed by atoms with E-state index in [0.717, 1.165) is 12.3 Å². The van der Waals surface area contributed by atoms with Gasteiger partial charge in [-0.1, -0.05) is 51.0 Å². The lowest BCUT2D eigenvalue weighted by molar-refractivity contribution is -0.123. The molecule has 3 heteroatoms. The van der Waals surface area contributed by atoms with Gasteiger partial charge in [0.05, 0.1) is 6.04 Å². The zero-order valence-corrected chi connectivity index (χ0v) is 15.1. The van der Waals surface area contributed by atoms with E-state index < -0.39 is 0 Å². The Kier molecular flexibility index (Phi) is 6.64. The molecule has 1 aromatic rings. The molecule has 4 atom stereocenters. The molecule has 2 N–H and O–H groups in total. The molecule has 23 heavy (non-hydrogen) atoms. The summed E-state index contributed by atoms with van der Waals surface area (Å²) in [5.41, 5.74) is 2.60. The third kappa shape index (κ3) is 5.07. The predicted octanol–water partition coefficient (Wildman–Crippen LogP) is 3.46. The number of aryl methyl sites for hydroxylation is 1. The third-order valence-electron chi connectivity index (χ3n) is 5.52. The summed E-state index contributed by atoms with van der Waals surface area (Å²) in [7, 11) is 0. The molecule has 0 heterocycles. The topological polar surface area (TPSA) is 41.1 Å². The largest absolute Gasteiger partial charge is 0.354 e. The maximum absolute atomic E-state index is 12.3. The first-order valence-electron chi connectivity index (χ1n) is 9.07. The van der Waals surface area contributed by atoms with Crippen LogP contribution >= 0.6 is 0 Å². The highest BCUT2D eigenvalue weighted by molar-refractivity contribution is 5.81. The number of rotatable bonds is 6. The maximum Gasteiger partial charge on any atom is 0.236 e. The fraction of sp³-hybridized carbons (Fsp3) is 0.650. The van der Waals surface area contributed by atoms with E-state index in [-0.39, 0.29) is 11.9 Å². The first-order valence-corrected chi connectivity index (χ1v) is 9.07. The molecule has 1 amide bonds. The van der Waals surface area contributed by atoms with Gasteiger partial charge in [0.1, 0.15) is 0 Å². The first-order chi connectivity index (χ1) is 11.0. The summed E-state index contributed by atoms with van der Waals surface area (Å²) in [5, 5.41) is 6.62. The van der Waals surface area contributed by atoms with Crippen LogP contribution in [0.15, 0.2) is 24.3 Å². The van der Waals surface area contributed by atoms with Crippen LogP contribution in [0, 0.1) is 18.8 Å². The van der Waals surface area contributed by atoms with E-state index in [1.165, 1.54) is 30.4 Å². The number of amides is 1. The van der Waals surface area contributed by atoms with E-state index in [2.05, 4.69) is 55.7 Å². The van der Waals surface area contributed by atoms with Crippen LogP contribution in [0.4, 0.5) is 0 Å². The van der Waals surface area contributed by atoms with E-state index in [1.54, 1.807) is 0 Å². The molecular formula is C20H32N2O. The molecule has 1 aromatic carbocycles. The Balaban J connectivity index is 1.75. The average Bonchev–Trinajstić information content (AvgIpc) is 2.53. The summed E-state index contributed by atoms with van der Waals surface area (Å²) in [4.78, 5) is 12.3. The van der Waals surface area contributed by atoms with E-state index in [1.807, 2.05) is 6.92 Å². The number of nitrogens with one attached hydrogen (secondary N) is 2. The van der Waals surface area contributed by atoms with Crippen molar-refractivity contribution in [2.24, 2.45) is 11.8 Å². The maximum atomic E-state index is 12.3. The Morgan fingerprint density at radius 3 is 2.74 bits per heavy atom. The fourth-order valence-electron chi connectivity index (χ4n) is 3.58. The Morgan fingerprint density at radius 2 is 2.00 bits per heavy atom. The van der Waals surface area contributed by atoms with Gasteiger partial charge in [0, 0.05) is 12.6 Å². The minimum absolute atomic E-state index is 0.115. The number of benzene rings is 1. The van der Waals surface area contributed by atoms with Crippen molar-refractivity contribution in [3.63, 3.8) is 0 Å². The Labute approximate surface area is 141 Å². The summed E-state index contributed by atoms with van der Waals surface area (Å²) in [5.74, 6) is 1.51. The van der Waals surface area contributed by atoms with Crippen LogP contribution < -0.4 is 10.6 Å². The van der Waals surface area contributed by atoms with Crippen molar-refractivity contribution in [2.45, 2.75) is 65.5 Å². The van der Waals surface area contributed by atoms with Crippen LogP contribution in [-0.4, -0.2) is 24.5 Å². The SMILES string of the molecule is Cc1ccccc1CCNC(=O)C(C)NC1CCCC(C)C1C. The molecule has 0 radical (unpaired) electrons. The summed E-state index contributed by atoms with van der Waals surface area (Å²) < 4.78 is 0. The van der Waals surface area contributed by atoms with Gasteiger partial charge in [-0.3, -0.25) is 4.79 Å². The molecule has 4 unspecified atom stereocenters. The van der Waals surface area contributed by atoms with Gasteiger partial charge in [0.2, 0.25) is 5.91 Å². The normalized spacial score (nSPS) is 25.8. The van der Waals surface area contributed by atoms with Crippen LogP contribution in [0.1, 0.15) is 51.2 Å². The quantitative estimate of drug-likeness (QED) is 0.844. The number of carbonyl (C=O) groups is 1. The van der Waals surface area contributed by atoms with Gasteiger partial charge in [-0.05, 0) is 49.7 Å². The molecule has 0 aliphatic heterocycles. The molecule has 1 fully saturated rings. The first kappa shape index (κ1) is 18.0. The minimum atomic E-state index is -0.121. The zero-order valence-electron chi connectivity index (χ0n) is 15.1. The van der Waals surface area contributed by atoms with Crippen molar-refractivity contribution < 1.29 is 4.79 Å². The summed E-state index contributed by atoms with van der Waals surface area (Å²) in [6, 6.07) is 8.71. The monoisotopic (exact) mass is 316 g/mol. The Bertz CT molecular complexity index is 514. The van der Waals surface area contributed by atoms with Gasteiger partial charge in [0.15, 0.2) is 0 Å². The molecule has 1 aliphatic rings. The van der Waals surface area contributed by atoms with Gasteiger partial charge in [0.25, 0.3) is 0 Å². The molecule has 0 spiro atoms. The molecule has 0 saturated heterocycles. The van der Waals surface area contributed by atoms with Gasteiger partial charge < -0.3 is 10.6 Å². The fourth-order valence-corrected chi connectivity index (χ4v) is 3.58. The average molecular weight is 316 g/mol. The van der Waals surface area contributed by atoms with Crippen molar-refractivity contribution >= 4 is 5.91 Å². The molecule has 1 saturated carbocycles. The molecule has 2 rings (SSSR count). The van der Waals surface area contributed by atoms with E-state index in [4.69, 9.17) is 0 Å². The number of hydrogen-bond acceptors (Lipinski definition) is 2. The highest BCUT2D eigenvalue weighted by Gasteiger charge is 2.29. The number of hydrogen-bond donors (Lipinski definition) is 2. The summed E-state index contributed by atoms with van der Waals surface area (Å²) in [6.07, 6.45) is 4.66. The molecule has 1 aliphatic carbocycles. The Morgan fingerprint density at radius 1 is 1.26 bits per heavy atom. The lowest BCUT2D eigenvalue weighted by Gasteiger charge is -2.36. The van der Waals surface area contributed by atoms with Crippen LogP contribution in [0.25, 0.3) is 0 Å². The van der Waals surface area contributed by atoms with Crippen molar-refractivity contribution in [2.75, 3.05) is 6.54 Å². The highest BCUT2D eigenvalue weighted by atomic mass is 16.2. The van der Waals surface area contributed by atoms with Crippen molar-refractivity contribution in [1.82, 2.24) is 10.6 Å². The van der Waals surface area contributed by atoms with Crippen molar-refractivity contribution in [3.8, 4) is 0 Å². The molecule has 128 valence electrons. The second-order valence-electron chi connectivity index (χ2n) is 7.23. The van der Waals surface area contributed by atoms with Gasteiger partial charge >= 0.3 is 0 Å². The van der Waals surface area contributed by atoms with Crippen LogP contribution in [-0.2, 0) is 11.2 Å². The van der Waals surface area contributed by atoms with E-state index >= 15 is 0 Å². The smallest absolute Gasteiger partial charge is 0.236 e. The minimum Gasteiger partial charge on any atom is -0.354 e. The van der Waals surface area contributed by atoms with Crippen LogP contribution in [0.2, 0.25) is 0 Å². The van der Waals surface area contributed by atoms with E-state index in [0.29, 0.717) is 18.5 Å². The van der Waals surface area contributed by atoms with E-state index in [9.17, 15) is 4.79 Å². The lowest BCUT2D eigenvalue weighted by atomic mass is 9.78. The lowest BCUT2D eigenvalue weighted by Crippen LogP contribution is -2.50. The zero-order chi connectivity index (χ0) is 16.8. The molecule has 3 nitrogen and oxygen atoms in total. The van der Waals surface area contributed by atoms with Crippen LogP contribution in [0.3, 0.4) is 0 Å². The predicted molar refractivity (Wildman–Crippen MR) is 96.5 cm³/mol. The standard InChI is InChI=1S/C20H32N2O/c1-14-9-7-11-19(16(14)3)22-17(4)20(23)21-13-12-18-10-6-5-8-15(18)2/h5-6,8,10,14,16-17,19,22H,7,9,11-13H2,1-4H3,(H,21,23). The second kappa shape index (κ2) is 8.49. The number of carbonyl (C=O) groups excluding carboxylic acids is 1. The second-order valence-corrected chi connectivity index (χ2v) is 7.23. The highest BCUT2D eigenvalue weighted by Crippen LogP contribution is 2.29. The van der Waals surface area contributed by atoms with Gasteiger partial charge in [-0.15, -0.1) is 0 Å². The summed E-state index contributed by atoms with van der Waals surface area (Å²) >= 11 is 0. The Hall–Kier alpha value is -1.35. The molecule has 0 bridgehead atoms. The van der Waals surface area contributed by atoms with Crippen LogP contribution in [0.5, 0.6) is 0 Å². The third-order valence-corrected chi connectivity index (χ3v) is 5.52. The van der Waals surface area contributed by atoms with Crippen molar-refractivity contribution in [1.29, 1.82) is 0 Å².